The Kier molecular flexibility index (Phi) is 9.43. The second kappa shape index (κ2) is 11.3. The number of nitrogens with zero attached hydrogens (tertiary/aromatic N) is 2. The Balaban J connectivity index is 0.00000280. The molecule has 1 aromatic carbocycles. The largest absolute Gasteiger partial charge is 0.381 e. The highest BCUT2D eigenvalue weighted by Crippen LogP contribution is 2.30. The molecule has 2 saturated heterocycles. The van der Waals surface area contributed by atoms with Gasteiger partial charge in [-0.2, -0.15) is 0 Å². The van der Waals surface area contributed by atoms with Gasteiger partial charge >= 0.3 is 0 Å². The minimum atomic E-state index is -0.167. The van der Waals surface area contributed by atoms with Gasteiger partial charge in [0, 0.05) is 31.8 Å². The van der Waals surface area contributed by atoms with E-state index in [2.05, 4.69) is 22.5 Å². The van der Waals surface area contributed by atoms with Gasteiger partial charge in [-0.25, -0.2) is 9.38 Å². The standard InChI is InChI=1S/C21H33FN4O.HI/c1-3-23-20(24-15-18-6-7-19(22)17(2)14-18)25-16-21(8-12-27-13-9-21)26-10-4-5-11-26;/h6-7,14H,3-5,8-13,15-16H2,1-2H3,(H2,23,24,25);1H. The summed E-state index contributed by atoms with van der Waals surface area (Å²) in [5, 5.41) is 6.91. The average Bonchev–Trinajstić information content (AvgIpc) is 3.23. The van der Waals surface area contributed by atoms with Gasteiger partial charge in [-0.15, -0.1) is 24.0 Å². The van der Waals surface area contributed by atoms with Gasteiger partial charge in [0.05, 0.1) is 6.54 Å². The third-order valence-corrected chi connectivity index (χ3v) is 5.77. The molecular weight excluding hydrogens is 470 g/mol. The lowest BCUT2D eigenvalue weighted by atomic mass is 9.88. The van der Waals surface area contributed by atoms with Gasteiger partial charge in [-0.05, 0) is 69.8 Å². The van der Waals surface area contributed by atoms with Crippen LogP contribution in [0.5, 0.6) is 0 Å². The number of benzene rings is 1. The van der Waals surface area contributed by atoms with E-state index in [1.54, 1.807) is 13.0 Å². The first-order chi connectivity index (χ1) is 13.1. The van der Waals surface area contributed by atoms with E-state index in [9.17, 15) is 4.39 Å². The van der Waals surface area contributed by atoms with Crippen LogP contribution in [0.15, 0.2) is 23.2 Å². The molecule has 2 heterocycles. The van der Waals surface area contributed by atoms with Crippen molar-refractivity contribution in [3.8, 4) is 0 Å². The molecule has 2 aliphatic rings. The van der Waals surface area contributed by atoms with E-state index in [4.69, 9.17) is 9.73 Å². The highest BCUT2D eigenvalue weighted by Gasteiger charge is 2.39. The molecule has 0 spiro atoms. The molecule has 0 aromatic heterocycles. The van der Waals surface area contributed by atoms with Crippen molar-refractivity contribution in [3.05, 3.63) is 35.1 Å². The Bertz CT molecular complexity index is 643. The molecule has 0 unspecified atom stereocenters. The van der Waals surface area contributed by atoms with Crippen LogP contribution >= 0.6 is 24.0 Å². The van der Waals surface area contributed by atoms with Crippen LogP contribution in [-0.2, 0) is 11.3 Å². The molecule has 0 amide bonds. The Hall–Kier alpha value is -0.930. The average molecular weight is 504 g/mol. The fraction of sp³-hybridized carbons (Fsp3) is 0.667. The zero-order chi connectivity index (χ0) is 19.1. The summed E-state index contributed by atoms with van der Waals surface area (Å²) in [6.07, 6.45) is 4.72. The van der Waals surface area contributed by atoms with E-state index >= 15 is 0 Å². The number of halogens is 2. The minimum absolute atomic E-state index is 0. The van der Waals surface area contributed by atoms with Gasteiger partial charge in [0.2, 0.25) is 0 Å². The van der Waals surface area contributed by atoms with Crippen LogP contribution in [-0.4, -0.2) is 55.8 Å². The lowest BCUT2D eigenvalue weighted by molar-refractivity contribution is -0.0164. The Morgan fingerprint density at radius 3 is 2.57 bits per heavy atom. The Morgan fingerprint density at radius 1 is 1.21 bits per heavy atom. The number of nitrogens with one attached hydrogen (secondary N) is 2. The molecule has 3 rings (SSSR count). The van der Waals surface area contributed by atoms with Crippen LogP contribution in [0.4, 0.5) is 4.39 Å². The molecule has 0 aliphatic carbocycles. The number of hydrogen-bond acceptors (Lipinski definition) is 3. The van der Waals surface area contributed by atoms with E-state index in [1.165, 1.54) is 32.0 Å². The second-order valence-corrected chi connectivity index (χ2v) is 7.66. The van der Waals surface area contributed by atoms with Crippen molar-refractivity contribution in [2.24, 2.45) is 4.99 Å². The van der Waals surface area contributed by atoms with Crippen LogP contribution in [0.2, 0.25) is 0 Å². The molecular formula is C21H34FIN4O. The normalized spacial score (nSPS) is 19.9. The smallest absolute Gasteiger partial charge is 0.191 e. The summed E-state index contributed by atoms with van der Waals surface area (Å²) in [5.41, 5.74) is 1.85. The number of aliphatic imine (C=N–C) groups is 1. The topological polar surface area (TPSA) is 48.9 Å². The van der Waals surface area contributed by atoms with Crippen molar-refractivity contribution >= 4 is 29.9 Å². The van der Waals surface area contributed by atoms with Gasteiger partial charge in [0.1, 0.15) is 5.82 Å². The molecule has 2 aliphatic heterocycles. The third-order valence-electron chi connectivity index (χ3n) is 5.77. The summed E-state index contributed by atoms with van der Waals surface area (Å²) < 4.78 is 19.1. The molecule has 7 heteroatoms. The Morgan fingerprint density at radius 2 is 1.93 bits per heavy atom. The van der Waals surface area contributed by atoms with Crippen molar-refractivity contribution in [2.45, 2.75) is 51.6 Å². The summed E-state index contributed by atoms with van der Waals surface area (Å²) in [4.78, 5) is 7.37. The maximum atomic E-state index is 13.5. The highest BCUT2D eigenvalue weighted by molar-refractivity contribution is 14.0. The van der Waals surface area contributed by atoms with Crippen molar-refractivity contribution in [1.29, 1.82) is 0 Å². The molecule has 0 atom stereocenters. The number of ether oxygens (including phenoxy) is 1. The van der Waals surface area contributed by atoms with Crippen LogP contribution in [0.1, 0.15) is 43.7 Å². The first-order valence-electron chi connectivity index (χ1n) is 10.2. The summed E-state index contributed by atoms with van der Waals surface area (Å²) in [5.74, 6) is 0.657. The van der Waals surface area contributed by atoms with Gasteiger partial charge in [0.15, 0.2) is 5.96 Å². The number of likely N-dealkylation sites (tertiary alicyclic amines) is 1. The van der Waals surface area contributed by atoms with E-state index < -0.39 is 0 Å². The van der Waals surface area contributed by atoms with Crippen LogP contribution in [0.3, 0.4) is 0 Å². The minimum Gasteiger partial charge on any atom is -0.381 e. The lowest BCUT2D eigenvalue weighted by Gasteiger charge is -2.45. The lowest BCUT2D eigenvalue weighted by Crippen LogP contribution is -2.58. The first-order valence-corrected chi connectivity index (χ1v) is 10.2. The number of aryl methyl sites for hydroxylation is 1. The summed E-state index contributed by atoms with van der Waals surface area (Å²) in [6, 6.07) is 5.19. The first kappa shape index (κ1) is 23.3. The van der Waals surface area contributed by atoms with Crippen LogP contribution in [0, 0.1) is 12.7 Å². The second-order valence-electron chi connectivity index (χ2n) is 7.66. The molecule has 0 radical (unpaired) electrons. The monoisotopic (exact) mass is 504 g/mol. The van der Waals surface area contributed by atoms with Crippen molar-refractivity contribution in [1.82, 2.24) is 15.5 Å². The zero-order valence-corrected chi connectivity index (χ0v) is 19.4. The van der Waals surface area contributed by atoms with Crippen molar-refractivity contribution < 1.29 is 9.13 Å². The Labute approximate surface area is 185 Å². The van der Waals surface area contributed by atoms with E-state index in [-0.39, 0.29) is 35.3 Å². The molecule has 2 fully saturated rings. The summed E-state index contributed by atoms with van der Waals surface area (Å²) >= 11 is 0. The third kappa shape index (κ3) is 6.03. The zero-order valence-electron chi connectivity index (χ0n) is 17.1. The summed E-state index contributed by atoms with van der Waals surface area (Å²) in [7, 11) is 0. The highest BCUT2D eigenvalue weighted by atomic mass is 127. The van der Waals surface area contributed by atoms with Gasteiger partial charge < -0.3 is 15.4 Å². The van der Waals surface area contributed by atoms with Crippen LogP contribution < -0.4 is 10.6 Å². The molecule has 5 nitrogen and oxygen atoms in total. The summed E-state index contributed by atoms with van der Waals surface area (Å²) in [6.45, 7) is 10.1. The fourth-order valence-electron chi connectivity index (χ4n) is 4.11. The van der Waals surface area contributed by atoms with E-state index in [0.29, 0.717) is 12.1 Å². The number of hydrogen-bond donors (Lipinski definition) is 2. The quantitative estimate of drug-likeness (QED) is 0.354. The SMILES string of the molecule is CCNC(=NCc1ccc(F)c(C)c1)NCC1(N2CCCC2)CCOCC1.I. The molecule has 0 saturated carbocycles. The van der Waals surface area contributed by atoms with Gasteiger partial charge in [-0.3, -0.25) is 4.90 Å². The molecule has 28 heavy (non-hydrogen) atoms. The van der Waals surface area contributed by atoms with Crippen molar-refractivity contribution in [2.75, 3.05) is 39.4 Å². The molecule has 2 N–H and O–H groups in total. The molecule has 1 aromatic rings. The van der Waals surface area contributed by atoms with Crippen molar-refractivity contribution in [3.63, 3.8) is 0 Å². The maximum absolute atomic E-state index is 13.5. The van der Waals surface area contributed by atoms with Gasteiger partial charge in [-0.1, -0.05) is 12.1 Å². The predicted molar refractivity (Wildman–Crippen MR) is 123 cm³/mol. The number of guanidine groups is 1. The fourth-order valence-corrected chi connectivity index (χ4v) is 4.11. The van der Waals surface area contributed by atoms with Gasteiger partial charge in [0.25, 0.3) is 0 Å². The predicted octanol–water partition coefficient (Wildman–Crippen LogP) is 3.45. The van der Waals surface area contributed by atoms with E-state index in [1.807, 2.05) is 6.07 Å². The molecule has 158 valence electrons. The van der Waals surface area contributed by atoms with Crippen LogP contribution in [0.25, 0.3) is 0 Å². The maximum Gasteiger partial charge on any atom is 0.191 e. The molecule has 0 bridgehead atoms. The van der Waals surface area contributed by atoms with E-state index in [0.717, 1.165) is 50.7 Å². The number of rotatable bonds is 6.